The van der Waals surface area contributed by atoms with Gasteiger partial charge in [0.05, 0.1) is 5.52 Å². The first kappa shape index (κ1) is 37.4. The lowest BCUT2D eigenvalue weighted by Gasteiger charge is -2.29. The highest BCUT2D eigenvalue weighted by Gasteiger charge is 2.34. The van der Waals surface area contributed by atoms with Crippen molar-refractivity contribution in [1.29, 1.82) is 0 Å². The lowest BCUT2D eigenvalue weighted by Crippen LogP contribution is -2.33. The fourth-order valence-corrected chi connectivity index (χ4v) is 6.90. The molecule has 1 amide bonds. The molecule has 1 heterocycles. The van der Waals surface area contributed by atoms with Crippen molar-refractivity contribution in [3.05, 3.63) is 46.9 Å². The SMILES string of the molecule is CC(C)(C)OC(=O)NCCCCNc1nc(NCC2CCC(CNS(=O)(=O)c3ccc(Br)cc3OC(F)(F)F)CC2)nc2ccccc12. The zero-order chi connectivity index (χ0) is 35.0. The van der Waals surface area contributed by atoms with Crippen molar-refractivity contribution in [2.45, 2.75) is 76.2 Å². The summed E-state index contributed by atoms with van der Waals surface area (Å²) in [4.78, 5) is 20.7. The van der Waals surface area contributed by atoms with Crippen molar-refractivity contribution in [3.63, 3.8) is 0 Å². The van der Waals surface area contributed by atoms with E-state index in [-0.39, 0.29) is 16.9 Å². The smallest absolute Gasteiger partial charge is 0.444 e. The van der Waals surface area contributed by atoms with Crippen LogP contribution in [0.25, 0.3) is 10.9 Å². The predicted octanol–water partition coefficient (Wildman–Crippen LogP) is 7.20. The average Bonchev–Trinajstić information content (AvgIpc) is 2.99. The third kappa shape index (κ3) is 11.9. The second-order valence-corrected chi connectivity index (χ2v) is 15.4. The van der Waals surface area contributed by atoms with Crippen LogP contribution in [0.1, 0.15) is 59.3 Å². The number of amides is 1. The zero-order valence-corrected chi connectivity index (χ0v) is 29.5. The number of ether oxygens (including phenoxy) is 2. The number of rotatable bonds is 14. The number of alkyl carbamates (subject to hydrolysis) is 1. The summed E-state index contributed by atoms with van der Waals surface area (Å²) in [6, 6.07) is 11.1. The summed E-state index contributed by atoms with van der Waals surface area (Å²) in [5.74, 6) is 0.796. The van der Waals surface area contributed by atoms with Crippen LogP contribution < -0.4 is 25.4 Å². The molecule has 1 aliphatic rings. The van der Waals surface area contributed by atoms with Gasteiger partial charge in [-0.05, 0) is 101 Å². The number of sulfonamides is 1. The van der Waals surface area contributed by atoms with Crippen LogP contribution >= 0.6 is 15.9 Å². The number of halogens is 4. The Balaban J connectivity index is 1.24. The van der Waals surface area contributed by atoms with Gasteiger partial charge in [0.25, 0.3) is 0 Å². The summed E-state index contributed by atoms with van der Waals surface area (Å²) in [5, 5.41) is 10.4. The number of benzene rings is 2. The Morgan fingerprint density at radius 2 is 1.60 bits per heavy atom. The van der Waals surface area contributed by atoms with Crippen molar-refractivity contribution in [2.75, 3.05) is 36.8 Å². The molecule has 0 bridgehead atoms. The largest absolute Gasteiger partial charge is 0.573 e. The molecule has 3 aromatic rings. The summed E-state index contributed by atoms with van der Waals surface area (Å²) < 4.78 is 76.4. The fourth-order valence-electron chi connectivity index (χ4n) is 5.34. The number of hydrogen-bond donors (Lipinski definition) is 4. The fraction of sp³-hybridized carbons (Fsp3) is 0.531. The minimum absolute atomic E-state index is 0.0468. The number of hydrogen-bond acceptors (Lipinski definition) is 9. The highest BCUT2D eigenvalue weighted by molar-refractivity contribution is 9.10. The second-order valence-electron chi connectivity index (χ2n) is 12.7. The van der Waals surface area contributed by atoms with Crippen LogP contribution in [-0.2, 0) is 14.8 Å². The van der Waals surface area contributed by atoms with E-state index in [0.717, 1.165) is 61.6 Å². The monoisotopic (exact) mass is 758 g/mol. The Labute approximate surface area is 287 Å². The number of nitrogens with one attached hydrogen (secondary N) is 4. The van der Waals surface area contributed by atoms with Gasteiger partial charge in [-0.15, -0.1) is 13.2 Å². The van der Waals surface area contributed by atoms with E-state index in [1.54, 1.807) is 0 Å². The van der Waals surface area contributed by atoms with Crippen LogP contribution in [0.15, 0.2) is 51.8 Å². The number of para-hydroxylation sites is 1. The topological polar surface area (TPSA) is 144 Å². The standard InChI is InChI=1S/C32H42BrF3N6O5S/c1-31(2,3)47-30(43)38-17-7-6-16-37-28-24-8-4-5-9-25(24)41-29(42-28)39-19-21-10-12-22(13-11-21)20-40-48(44,45)27-15-14-23(33)18-26(27)46-32(34,35)36/h4-5,8-9,14-15,18,21-22,40H,6-7,10-13,16-17,19-20H2,1-3H3,(H,38,43)(H2,37,39,41,42). The molecule has 2 aromatic carbocycles. The number of fused-ring (bicyclic) bond motifs is 1. The Hall–Kier alpha value is -3.37. The van der Waals surface area contributed by atoms with Crippen molar-refractivity contribution < 1.29 is 35.9 Å². The minimum Gasteiger partial charge on any atom is -0.444 e. The first-order valence-corrected chi connectivity index (χ1v) is 18.1. The molecular formula is C32H42BrF3N6O5S. The number of unbranched alkanes of at least 4 members (excludes halogenated alkanes) is 1. The average molecular weight is 760 g/mol. The van der Waals surface area contributed by atoms with Gasteiger partial charge in [-0.2, -0.15) is 4.98 Å². The van der Waals surface area contributed by atoms with Crippen LogP contribution in [0, 0.1) is 11.8 Å². The zero-order valence-electron chi connectivity index (χ0n) is 27.1. The van der Waals surface area contributed by atoms with Crippen LogP contribution in [0.3, 0.4) is 0 Å². The molecule has 0 spiro atoms. The van der Waals surface area contributed by atoms with Gasteiger partial charge < -0.3 is 25.4 Å². The van der Waals surface area contributed by atoms with Gasteiger partial charge in [0.15, 0.2) is 5.75 Å². The molecule has 0 aliphatic heterocycles. The third-order valence-electron chi connectivity index (χ3n) is 7.67. The maximum Gasteiger partial charge on any atom is 0.573 e. The molecule has 0 atom stereocenters. The summed E-state index contributed by atoms with van der Waals surface area (Å²) in [7, 11) is -4.23. The van der Waals surface area contributed by atoms with Crippen LogP contribution in [0.2, 0.25) is 0 Å². The van der Waals surface area contributed by atoms with Gasteiger partial charge in [-0.3, -0.25) is 0 Å². The van der Waals surface area contributed by atoms with Gasteiger partial charge in [0.2, 0.25) is 16.0 Å². The van der Waals surface area contributed by atoms with E-state index < -0.39 is 38.7 Å². The maximum absolute atomic E-state index is 12.9. The van der Waals surface area contributed by atoms with E-state index in [9.17, 15) is 26.4 Å². The van der Waals surface area contributed by atoms with Crippen molar-refractivity contribution >= 4 is 54.7 Å². The van der Waals surface area contributed by atoms with E-state index in [1.165, 1.54) is 6.07 Å². The maximum atomic E-state index is 12.9. The van der Waals surface area contributed by atoms with E-state index in [1.807, 2.05) is 45.0 Å². The molecule has 4 rings (SSSR count). The summed E-state index contributed by atoms with van der Waals surface area (Å²) in [6.07, 6.45) is -0.683. The van der Waals surface area contributed by atoms with E-state index in [0.29, 0.717) is 37.3 Å². The summed E-state index contributed by atoms with van der Waals surface area (Å²) in [6.45, 7) is 7.38. The van der Waals surface area contributed by atoms with Gasteiger partial charge in [-0.1, -0.05) is 28.1 Å². The van der Waals surface area contributed by atoms with Gasteiger partial charge in [0.1, 0.15) is 16.3 Å². The van der Waals surface area contributed by atoms with Crippen molar-refractivity contribution in [1.82, 2.24) is 20.0 Å². The van der Waals surface area contributed by atoms with Crippen LogP contribution in [-0.4, -0.2) is 62.6 Å². The Bertz CT molecular complexity index is 1650. The molecule has 48 heavy (non-hydrogen) atoms. The number of carbonyl (C=O) groups excluding carboxylic acids is 1. The van der Waals surface area contributed by atoms with Crippen LogP contribution in [0.4, 0.5) is 29.7 Å². The van der Waals surface area contributed by atoms with Gasteiger partial charge >= 0.3 is 12.5 Å². The highest BCUT2D eigenvalue weighted by Crippen LogP contribution is 2.33. The molecule has 1 saturated carbocycles. The third-order valence-corrected chi connectivity index (χ3v) is 9.62. The van der Waals surface area contributed by atoms with Crippen LogP contribution in [0.5, 0.6) is 5.75 Å². The highest BCUT2D eigenvalue weighted by atomic mass is 79.9. The molecule has 1 fully saturated rings. The molecule has 4 N–H and O–H groups in total. The normalized spacial score (nSPS) is 17.1. The van der Waals surface area contributed by atoms with Crippen molar-refractivity contribution in [3.8, 4) is 5.75 Å². The molecule has 0 saturated heterocycles. The molecule has 264 valence electrons. The minimum atomic E-state index is -5.03. The molecular weight excluding hydrogens is 717 g/mol. The first-order valence-electron chi connectivity index (χ1n) is 15.8. The van der Waals surface area contributed by atoms with Crippen molar-refractivity contribution in [2.24, 2.45) is 11.8 Å². The number of carbonyl (C=O) groups is 1. The Morgan fingerprint density at radius 3 is 2.29 bits per heavy atom. The quantitative estimate of drug-likeness (QED) is 0.126. The number of nitrogens with zero attached hydrogens (tertiary/aromatic N) is 2. The number of alkyl halides is 3. The molecule has 11 nitrogen and oxygen atoms in total. The van der Waals surface area contributed by atoms with Gasteiger partial charge in [0, 0.05) is 36.0 Å². The molecule has 16 heteroatoms. The summed E-state index contributed by atoms with van der Waals surface area (Å²) >= 11 is 3.05. The molecule has 0 unspecified atom stereocenters. The van der Waals surface area contributed by atoms with E-state index in [2.05, 4.69) is 46.3 Å². The lowest BCUT2D eigenvalue weighted by atomic mass is 9.82. The van der Waals surface area contributed by atoms with E-state index in [4.69, 9.17) is 9.72 Å². The van der Waals surface area contributed by atoms with Gasteiger partial charge in [-0.25, -0.2) is 22.9 Å². The first-order chi connectivity index (χ1) is 22.6. The predicted molar refractivity (Wildman–Crippen MR) is 181 cm³/mol. The Kier molecular flexibility index (Phi) is 12.8. The summed E-state index contributed by atoms with van der Waals surface area (Å²) in [5.41, 5.74) is 0.262. The second kappa shape index (κ2) is 16.4. The molecule has 0 radical (unpaired) electrons. The molecule has 1 aliphatic carbocycles. The number of aromatic nitrogens is 2. The van der Waals surface area contributed by atoms with E-state index >= 15 is 0 Å². The Morgan fingerprint density at radius 1 is 0.938 bits per heavy atom. The lowest BCUT2D eigenvalue weighted by molar-refractivity contribution is -0.275. The molecule has 1 aromatic heterocycles. The number of anilines is 2.